The minimum atomic E-state index is -0.483. The van der Waals surface area contributed by atoms with E-state index in [0.29, 0.717) is 28.1 Å². The number of carbonyl (C=O) groups excluding carboxylic acids is 3. The molecule has 11 heteroatoms. The van der Waals surface area contributed by atoms with E-state index in [4.69, 9.17) is 5.73 Å². The van der Waals surface area contributed by atoms with Crippen LogP contribution in [0.1, 0.15) is 25.5 Å². The maximum absolute atomic E-state index is 12.7. The zero-order valence-corrected chi connectivity index (χ0v) is 17.0. The van der Waals surface area contributed by atoms with Gasteiger partial charge in [-0.3, -0.25) is 14.4 Å². The van der Waals surface area contributed by atoms with Crippen molar-refractivity contribution in [1.29, 1.82) is 0 Å². The number of rotatable bonds is 7. The van der Waals surface area contributed by atoms with Gasteiger partial charge in [-0.05, 0) is 19.8 Å². The zero-order valence-electron chi connectivity index (χ0n) is 14.6. The Kier molecular flexibility index (Phi) is 6.45. The molecule has 3 N–H and O–H groups in total. The summed E-state index contributed by atoms with van der Waals surface area (Å²) in [5.41, 5.74) is 5.90. The fourth-order valence-corrected chi connectivity index (χ4v) is 5.16. The molecule has 3 rings (SSSR count). The lowest BCUT2D eigenvalue weighted by Crippen LogP contribution is -2.43. The second-order valence-corrected chi connectivity index (χ2v) is 9.36. The minimum absolute atomic E-state index is 0.128. The quantitative estimate of drug-likeness (QED) is 0.652. The second kappa shape index (κ2) is 8.81. The molecule has 1 fully saturated rings. The normalized spacial score (nSPS) is 17.7. The summed E-state index contributed by atoms with van der Waals surface area (Å²) in [6.07, 6.45) is 3.17. The highest BCUT2D eigenvalue weighted by molar-refractivity contribution is 8.02. The molecule has 8 nitrogen and oxygen atoms in total. The topological polar surface area (TPSA) is 118 Å². The molecule has 27 heavy (non-hydrogen) atoms. The van der Waals surface area contributed by atoms with Crippen molar-refractivity contribution < 1.29 is 14.4 Å². The number of amides is 3. The number of nitrogens with one attached hydrogen (secondary N) is 1. The van der Waals surface area contributed by atoms with Crippen LogP contribution in [0, 0.1) is 0 Å². The number of thiazole rings is 2. The van der Waals surface area contributed by atoms with Crippen LogP contribution in [-0.4, -0.2) is 50.4 Å². The van der Waals surface area contributed by atoms with Crippen molar-refractivity contribution in [3.63, 3.8) is 0 Å². The highest BCUT2D eigenvalue weighted by Gasteiger charge is 2.34. The van der Waals surface area contributed by atoms with Gasteiger partial charge in [-0.15, -0.1) is 22.7 Å². The average Bonchev–Trinajstić information content (AvgIpc) is 3.35. The lowest BCUT2D eigenvalue weighted by Gasteiger charge is -2.23. The van der Waals surface area contributed by atoms with Crippen LogP contribution in [0.4, 0.5) is 5.13 Å². The molecule has 2 unspecified atom stereocenters. The summed E-state index contributed by atoms with van der Waals surface area (Å²) in [7, 11) is 0. The Balaban J connectivity index is 1.59. The van der Waals surface area contributed by atoms with Gasteiger partial charge < -0.3 is 16.0 Å². The van der Waals surface area contributed by atoms with Gasteiger partial charge in [0.15, 0.2) is 9.47 Å². The second-order valence-electron chi connectivity index (χ2n) is 6.02. The molecule has 144 valence electrons. The predicted molar refractivity (Wildman–Crippen MR) is 106 cm³/mol. The molecule has 3 heterocycles. The Bertz CT molecular complexity index is 823. The van der Waals surface area contributed by atoms with Gasteiger partial charge in [-0.25, -0.2) is 9.97 Å². The van der Waals surface area contributed by atoms with Gasteiger partial charge >= 0.3 is 0 Å². The maximum atomic E-state index is 12.7. The van der Waals surface area contributed by atoms with Crippen LogP contribution in [0.25, 0.3) is 0 Å². The SMILES string of the molecule is CC(Sc1nc(CC(=O)N2CCCC2C(=O)Nc2nccs2)cs1)C(N)=O. The van der Waals surface area contributed by atoms with Crippen molar-refractivity contribution >= 4 is 57.3 Å². The molecule has 1 saturated heterocycles. The summed E-state index contributed by atoms with van der Waals surface area (Å²) >= 11 is 4.00. The Morgan fingerprint density at radius 2 is 2.26 bits per heavy atom. The van der Waals surface area contributed by atoms with Crippen molar-refractivity contribution in [2.24, 2.45) is 5.73 Å². The van der Waals surface area contributed by atoms with Crippen molar-refractivity contribution in [3.05, 3.63) is 22.7 Å². The maximum Gasteiger partial charge on any atom is 0.248 e. The molecule has 1 aliphatic rings. The molecule has 0 radical (unpaired) electrons. The third-order valence-electron chi connectivity index (χ3n) is 4.08. The van der Waals surface area contributed by atoms with Crippen molar-refractivity contribution in [1.82, 2.24) is 14.9 Å². The minimum Gasteiger partial charge on any atom is -0.369 e. The van der Waals surface area contributed by atoms with Crippen LogP contribution in [0.3, 0.4) is 0 Å². The predicted octanol–water partition coefficient (Wildman–Crippen LogP) is 1.74. The first-order chi connectivity index (χ1) is 12.9. The van der Waals surface area contributed by atoms with E-state index in [1.165, 1.54) is 34.4 Å². The van der Waals surface area contributed by atoms with Crippen LogP contribution >= 0.6 is 34.4 Å². The molecule has 0 saturated carbocycles. The molecular formula is C16H19N5O3S3. The lowest BCUT2D eigenvalue weighted by atomic mass is 10.2. The van der Waals surface area contributed by atoms with E-state index in [1.54, 1.807) is 28.8 Å². The summed E-state index contributed by atoms with van der Waals surface area (Å²) in [5.74, 6) is -0.740. The summed E-state index contributed by atoms with van der Waals surface area (Å²) < 4.78 is 0.698. The smallest absolute Gasteiger partial charge is 0.248 e. The fraction of sp³-hybridized carbons (Fsp3) is 0.438. The van der Waals surface area contributed by atoms with Crippen molar-refractivity contribution in [2.45, 2.75) is 41.8 Å². The Morgan fingerprint density at radius 1 is 1.44 bits per heavy atom. The largest absolute Gasteiger partial charge is 0.369 e. The number of aromatic nitrogens is 2. The van der Waals surface area contributed by atoms with Crippen LogP contribution in [0.15, 0.2) is 21.3 Å². The fourth-order valence-electron chi connectivity index (χ4n) is 2.70. The van der Waals surface area contributed by atoms with E-state index < -0.39 is 11.9 Å². The number of primary amides is 1. The van der Waals surface area contributed by atoms with E-state index in [0.717, 1.165) is 6.42 Å². The molecule has 0 aliphatic carbocycles. The van der Waals surface area contributed by atoms with E-state index in [2.05, 4.69) is 15.3 Å². The van der Waals surface area contributed by atoms with Gasteiger partial charge in [0, 0.05) is 23.5 Å². The van der Waals surface area contributed by atoms with E-state index in [9.17, 15) is 14.4 Å². The lowest BCUT2D eigenvalue weighted by molar-refractivity contribution is -0.136. The van der Waals surface area contributed by atoms with Crippen LogP contribution in [0.5, 0.6) is 0 Å². The number of thioether (sulfide) groups is 1. The monoisotopic (exact) mass is 425 g/mol. The number of nitrogens with two attached hydrogens (primary N) is 1. The number of anilines is 1. The Hall–Kier alpha value is -1.98. The van der Waals surface area contributed by atoms with Gasteiger partial charge in [0.1, 0.15) is 6.04 Å². The van der Waals surface area contributed by atoms with Crippen LogP contribution in [0.2, 0.25) is 0 Å². The van der Waals surface area contributed by atoms with Gasteiger partial charge in [0.25, 0.3) is 0 Å². The van der Waals surface area contributed by atoms with Crippen molar-refractivity contribution in [2.75, 3.05) is 11.9 Å². The highest BCUT2D eigenvalue weighted by Crippen LogP contribution is 2.27. The third kappa shape index (κ3) is 5.05. The summed E-state index contributed by atoms with van der Waals surface area (Å²) in [6.45, 7) is 2.27. The molecule has 0 bridgehead atoms. The first-order valence-corrected chi connectivity index (χ1v) is 11.0. The average molecular weight is 426 g/mol. The number of hydrogen-bond acceptors (Lipinski definition) is 8. The molecule has 0 spiro atoms. The molecular weight excluding hydrogens is 406 g/mol. The number of hydrogen-bond donors (Lipinski definition) is 2. The summed E-state index contributed by atoms with van der Waals surface area (Å²) in [5, 5.41) is 6.50. The van der Waals surface area contributed by atoms with Gasteiger partial charge in [0.2, 0.25) is 17.7 Å². The molecule has 2 atom stereocenters. The van der Waals surface area contributed by atoms with Gasteiger partial charge in [0.05, 0.1) is 17.4 Å². The standard InChI is InChI=1S/C16H19N5O3S3/c1-9(13(17)23)27-16-19-10(8-26-16)7-12(22)21-5-2-3-11(21)14(24)20-15-18-4-6-25-15/h4,6,8-9,11H,2-3,5,7H2,1H3,(H2,17,23)(H,18,20,24). The molecule has 0 aromatic carbocycles. The molecule has 2 aromatic heterocycles. The third-order valence-corrected chi connectivity index (χ3v) is 6.91. The Morgan fingerprint density at radius 3 is 2.96 bits per heavy atom. The van der Waals surface area contributed by atoms with Crippen LogP contribution in [-0.2, 0) is 20.8 Å². The first-order valence-electron chi connectivity index (χ1n) is 8.34. The first kappa shape index (κ1) is 19.8. The highest BCUT2D eigenvalue weighted by atomic mass is 32.2. The Labute approximate surface area is 168 Å². The number of nitrogens with zero attached hydrogens (tertiary/aromatic N) is 3. The number of likely N-dealkylation sites (tertiary alicyclic amines) is 1. The molecule has 2 aromatic rings. The zero-order chi connectivity index (χ0) is 19.4. The van der Waals surface area contributed by atoms with E-state index in [-0.39, 0.29) is 23.5 Å². The van der Waals surface area contributed by atoms with Gasteiger partial charge in [-0.1, -0.05) is 11.8 Å². The summed E-state index contributed by atoms with van der Waals surface area (Å²) in [6, 6.07) is -0.483. The van der Waals surface area contributed by atoms with E-state index in [1.807, 2.05) is 0 Å². The molecule has 3 amide bonds. The van der Waals surface area contributed by atoms with Crippen molar-refractivity contribution in [3.8, 4) is 0 Å². The van der Waals surface area contributed by atoms with E-state index >= 15 is 0 Å². The number of carbonyl (C=O) groups is 3. The van der Waals surface area contributed by atoms with Crippen LogP contribution < -0.4 is 11.1 Å². The summed E-state index contributed by atoms with van der Waals surface area (Å²) in [4.78, 5) is 46.4. The molecule has 1 aliphatic heterocycles. The van der Waals surface area contributed by atoms with Gasteiger partial charge in [-0.2, -0.15) is 0 Å².